The maximum atomic E-state index is 13.2. The molecule has 0 saturated carbocycles. The van der Waals surface area contributed by atoms with E-state index in [0.29, 0.717) is 19.4 Å². The number of benzene rings is 2. The van der Waals surface area contributed by atoms with Crippen molar-refractivity contribution in [3.8, 4) is 11.1 Å². The van der Waals surface area contributed by atoms with Gasteiger partial charge in [0.1, 0.15) is 17.7 Å². The quantitative estimate of drug-likeness (QED) is 0.714. The fourth-order valence-corrected chi connectivity index (χ4v) is 3.84. The zero-order chi connectivity index (χ0) is 23.3. The first-order valence-corrected chi connectivity index (χ1v) is 10.8. The lowest BCUT2D eigenvalue weighted by molar-refractivity contribution is -0.149. The van der Waals surface area contributed by atoms with Crippen LogP contribution in [-0.4, -0.2) is 52.2 Å². The molecule has 2 aromatic rings. The molecule has 0 aromatic heterocycles. The first kappa shape index (κ1) is 23.3. The second-order valence-electron chi connectivity index (χ2n) is 8.99. The zero-order valence-corrected chi connectivity index (χ0v) is 18.7. The highest BCUT2D eigenvalue weighted by atomic mass is 16.6. The van der Waals surface area contributed by atoms with Gasteiger partial charge in [-0.2, -0.15) is 0 Å². The highest BCUT2D eigenvalue weighted by molar-refractivity contribution is 5.90. The van der Waals surface area contributed by atoms with Crippen molar-refractivity contribution in [2.75, 3.05) is 6.54 Å². The van der Waals surface area contributed by atoms with E-state index in [1.807, 2.05) is 54.6 Å². The van der Waals surface area contributed by atoms with Crippen LogP contribution in [0.5, 0.6) is 0 Å². The molecule has 0 bridgehead atoms. The molecule has 1 heterocycles. The molecule has 170 valence electrons. The number of ether oxygens (including phenoxy) is 1. The Kier molecular flexibility index (Phi) is 7.18. The van der Waals surface area contributed by atoms with Crippen LogP contribution in [0.3, 0.4) is 0 Å². The number of nitrogens with one attached hydrogen (secondary N) is 1. The van der Waals surface area contributed by atoms with Crippen molar-refractivity contribution in [3.63, 3.8) is 0 Å². The number of carbonyl (C=O) groups excluding carboxylic acids is 2. The Labute approximate surface area is 188 Å². The molecule has 2 N–H and O–H groups in total. The second-order valence-corrected chi connectivity index (χ2v) is 8.99. The molecule has 32 heavy (non-hydrogen) atoms. The third kappa shape index (κ3) is 6.09. The summed E-state index contributed by atoms with van der Waals surface area (Å²) in [6, 6.07) is 15.9. The molecule has 0 aliphatic carbocycles. The number of alkyl carbamates (subject to hydrolysis) is 1. The summed E-state index contributed by atoms with van der Waals surface area (Å²) < 4.78 is 5.33. The number of nitrogens with zero attached hydrogens (tertiary/aromatic N) is 1. The van der Waals surface area contributed by atoms with Gasteiger partial charge in [0.25, 0.3) is 0 Å². The Balaban J connectivity index is 1.79. The van der Waals surface area contributed by atoms with Crippen LogP contribution in [0, 0.1) is 0 Å². The van der Waals surface area contributed by atoms with Crippen LogP contribution in [0.25, 0.3) is 11.1 Å². The Morgan fingerprint density at radius 1 is 1.06 bits per heavy atom. The Hall–Kier alpha value is -3.35. The van der Waals surface area contributed by atoms with Gasteiger partial charge in [-0.3, -0.25) is 4.79 Å². The normalized spacial score (nSPS) is 17.0. The lowest BCUT2D eigenvalue weighted by Gasteiger charge is -2.28. The van der Waals surface area contributed by atoms with Crippen molar-refractivity contribution < 1.29 is 24.2 Å². The van der Waals surface area contributed by atoms with Crippen molar-refractivity contribution in [1.29, 1.82) is 0 Å². The van der Waals surface area contributed by atoms with E-state index in [-0.39, 0.29) is 6.42 Å². The van der Waals surface area contributed by atoms with Crippen molar-refractivity contribution in [2.24, 2.45) is 0 Å². The van der Waals surface area contributed by atoms with Crippen molar-refractivity contribution in [3.05, 3.63) is 60.2 Å². The van der Waals surface area contributed by atoms with Gasteiger partial charge in [-0.25, -0.2) is 9.59 Å². The smallest absolute Gasteiger partial charge is 0.408 e. The van der Waals surface area contributed by atoms with Crippen LogP contribution in [0.1, 0.15) is 39.2 Å². The van der Waals surface area contributed by atoms with Gasteiger partial charge in [-0.05, 0) is 50.3 Å². The monoisotopic (exact) mass is 438 g/mol. The number of likely N-dealkylation sites (tertiary alicyclic amines) is 1. The van der Waals surface area contributed by atoms with Gasteiger partial charge >= 0.3 is 12.1 Å². The van der Waals surface area contributed by atoms with Gasteiger partial charge in [0.15, 0.2) is 0 Å². The SMILES string of the molecule is CC(C)(C)OC(=O)N[C@@H](Cc1ccc(-c2ccccc2)cc1)C(=O)N1CCCC1C(=O)O. The summed E-state index contributed by atoms with van der Waals surface area (Å²) in [5.41, 5.74) is 2.26. The predicted octanol–water partition coefficient (Wildman–Crippen LogP) is 3.87. The summed E-state index contributed by atoms with van der Waals surface area (Å²) in [4.78, 5) is 38.6. The molecular formula is C25H30N2O5. The van der Waals surface area contributed by atoms with Gasteiger partial charge < -0.3 is 20.1 Å². The number of carbonyl (C=O) groups is 3. The summed E-state index contributed by atoms with van der Waals surface area (Å²) in [7, 11) is 0. The van der Waals surface area contributed by atoms with Crippen LogP contribution >= 0.6 is 0 Å². The van der Waals surface area contributed by atoms with Gasteiger partial charge in [-0.1, -0.05) is 54.6 Å². The van der Waals surface area contributed by atoms with E-state index in [9.17, 15) is 19.5 Å². The number of aliphatic carboxylic acids is 1. The van der Waals surface area contributed by atoms with E-state index in [2.05, 4.69) is 5.32 Å². The van der Waals surface area contributed by atoms with E-state index in [1.165, 1.54) is 4.90 Å². The first-order valence-electron chi connectivity index (χ1n) is 10.8. The van der Waals surface area contributed by atoms with Crippen LogP contribution in [-0.2, 0) is 20.7 Å². The summed E-state index contributed by atoms with van der Waals surface area (Å²) in [6.45, 7) is 5.58. The topological polar surface area (TPSA) is 95.9 Å². The van der Waals surface area contributed by atoms with Gasteiger partial charge in [-0.15, -0.1) is 0 Å². The zero-order valence-electron chi connectivity index (χ0n) is 18.7. The van der Waals surface area contributed by atoms with E-state index in [1.54, 1.807) is 20.8 Å². The molecule has 7 nitrogen and oxygen atoms in total. The molecule has 1 aliphatic rings. The molecule has 2 amide bonds. The largest absolute Gasteiger partial charge is 0.480 e. The minimum atomic E-state index is -1.03. The summed E-state index contributed by atoms with van der Waals surface area (Å²) in [6.07, 6.45) is 0.554. The maximum Gasteiger partial charge on any atom is 0.408 e. The number of hydrogen-bond acceptors (Lipinski definition) is 4. The van der Waals surface area contributed by atoms with E-state index >= 15 is 0 Å². The molecule has 0 radical (unpaired) electrons. The molecule has 1 unspecified atom stereocenters. The molecule has 2 atom stereocenters. The summed E-state index contributed by atoms with van der Waals surface area (Å²) in [5.74, 6) is -1.44. The Bertz CT molecular complexity index is 951. The minimum Gasteiger partial charge on any atom is -0.480 e. The van der Waals surface area contributed by atoms with Crippen LogP contribution in [0.4, 0.5) is 4.79 Å². The van der Waals surface area contributed by atoms with E-state index < -0.39 is 35.7 Å². The fourth-order valence-electron chi connectivity index (χ4n) is 3.84. The van der Waals surface area contributed by atoms with Crippen molar-refractivity contribution in [2.45, 2.75) is 57.7 Å². The van der Waals surface area contributed by atoms with Gasteiger partial charge in [0.2, 0.25) is 5.91 Å². The van der Waals surface area contributed by atoms with Gasteiger partial charge in [0.05, 0.1) is 0 Å². The highest BCUT2D eigenvalue weighted by Gasteiger charge is 2.38. The van der Waals surface area contributed by atoms with Crippen LogP contribution < -0.4 is 5.32 Å². The molecule has 3 rings (SSSR count). The van der Waals surface area contributed by atoms with Crippen LogP contribution in [0.15, 0.2) is 54.6 Å². The lowest BCUT2D eigenvalue weighted by Crippen LogP contribution is -2.53. The third-order valence-electron chi connectivity index (χ3n) is 5.31. The van der Waals surface area contributed by atoms with E-state index in [0.717, 1.165) is 16.7 Å². The molecule has 0 spiro atoms. The van der Waals surface area contributed by atoms with Crippen molar-refractivity contribution >= 4 is 18.0 Å². The first-order chi connectivity index (χ1) is 15.1. The molecule has 1 aliphatic heterocycles. The average molecular weight is 439 g/mol. The minimum absolute atomic E-state index is 0.232. The molecule has 7 heteroatoms. The van der Waals surface area contributed by atoms with E-state index in [4.69, 9.17) is 4.74 Å². The average Bonchev–Trinajstić information content (AvgIpc) is 3.23. The van der Waals surface area contributed by atoms with Gasteiger partial charge in [0, 0.05) is 13.0 Å². The highest BCUT2D eigenvalue weighted by Crippen LogP contribution is 2.22. The molecule has 1 fully saturated rings. The third-order valence-corrected chi connectivity index (χ3v) is 5.31. The standard InChI is InChI=1S/C25H30N2O5/c1-25(2,3)32-24(31)26-20(22(28)27-15-7-10-21(27)23(29)30)16-17-11-13-19(14-12-17)18-8-5-4-6-9-18/h4-6,8-9,11-14,20-21H,7,10,15-16H2,1-3H3,(H,26,31)(H,29,30)/t20-,21?/m0/s1. The number of amides is 2. The predicted molar refractivity (Wildman–Crippen MR) is 121 cm³/mol. The Morgan fingerprint density at radius 3 is 2.28 bits per heavy atom. The molecular weight excluding hydrogens is 408 g/mol. The second kappa shape index (κ2) is 9.85. The number of hydrogen-bond donors (Lipinski definition) is 2. The molecule has 1 saturated heterocycles. The lowest BCUT2D eigenvalue weighted by atomic mass is 10.00. The fraction of sp³-hybridized carbons (Fsp3) is 0.400. The van der Waals surface area contributed by atoms with Crippen molar-refractivity contribution in [1.82, 2.24) is 10.2 Å². The number of rotatable bonds is 6. The maximum absolute atomic E-state index is 13.2. The molecule has 2 aromatic carbocycles. The number of carboxylic acid groups (broad SMARTS) is 1. The summed E-state index contributed by atoms with van der Waals surface area (Å²) in [5, 5.41) is 12.1. The number of carboxylic acids is 1. The Morgan fingerprint density at radius 2 is 1.69 bits per heavy atom. The van der Waals surface area contributed by atoms with Crippen LogP contribution in [0.2, 0.25) is 0 Å². The summed E-state index contributed by atoms with van der Waals surface area (Å²) >= 11 is 0.